The molecule has 8 rings (SSSR count). The first-order valence-corrected chi connectivity index (χ1v) is 14.9. The fourth-order valence-electron chi connectivity index (χ4n) is 7.73. The van der Waals surface area contributed by atoms with Crippen molar-refractivity contribution in [1.29, 1.82) is 0 Å². The van der Waals surface area contributed by atoms with Crippen LogP contribution in [0.5, 0.6) is 6.01 Å². The van der Waals surface area contributed by atoms with Gasteiger partial charge in [0.05, 0.1) is 33.4 Å². The molecule has 4 aromatic rings. The summed E-state index contributed by atoms with van der Waals surface area (Å²) in [6.45, 7) is 3.22. The summed E-state index contributed by atoms with van der Waals surface area (Å²) in [5.74, 6) is 2.61. The predicted molar refractivity (Wildman–Crippen MR) is 159 cm³/mol. The molecule has 11 heteroatoms. The van der Waals surface area contributed by atoms with Crippen LogP contribution in [0.4, 0.5) is 14.6 Å². The van der Waals surface area contributed by atoms with E-state index >= 15 is 0 Å². The Kier molecular flexibility index (Phi) is 6.14. The number of aromatic nitrogens is 4. The molecule has 9 nitrogen and oxygen atoms in total. The Bertz CT molecular complexity index is 1860. The minimum Gasteiger partial charge on any atom is -0.461 e. The van der Waals surface area contributed by atoms with Crippen LogP contribution in [-0.2, 0) is 0 Å². The molecule has 0 aliphatic carbocycles. The highest BCUT2D eigenvalue weighted by molar-refractivity contribution is 6.00. The Balaban J connectivity index is 1.25. The third-order valence-corrected chi connectivity index (χ3v) is 9.66. The molecule has 3 aromatic heterocycles. The molecule has 0 saturated carbocycles. The lowest BCUT2D eigenvalue weighted by Crippen LogP contribution is -2.51. The molecule has 43 heavy (non-hydrogen) atoms. The fourth-order valence-corrected chi connectivity index (χ4v) is 7.73. The van der Waals surface area contributed by atoms with Crippen LogP contribution in [0, 0.1) is 18.2 Å². The maximum absolute atomic E-state index is 14.7. The Labute approximate surface area is 246 Å². The number of pyridine rings is 2. The molecule has 2 unspecified atom stereocenters. The van der Waals surface area contributed by atoms with Crippen molar-refractivity contribution in [1.82, 2.24) is 30.2 Å². The number of alkyl halides is 1. The van der Waals surface area contributed by atoms with E-state index in [0.29, 0.717) is 59.3 Å². The minimum atomic E-state index is -0.859. The molecule has 4 fully saturated rings. The van der Waals surface area contributed by atoms with Crippen LogP contribution < -0.4 is 20.5 Å². The van der Waals surface area contributed by atoms with E-state index in [2.05, 4.69) is 26.0 Å². The van der Waals surface area contributed by atoms with Crippen LogP contribution in [0.2, 0.25) is 0 Å². The smallest absolute Gasteiger partial charge is 0.319 e. The highest BCUT2D eigenvalue weighted by Crippen LogP contribution is 2.41. The van der Waals surface area contributed by atoms with Crippen molar-refractivity contribution >= 4 is 27.5 Å². The van der Waals surface area contributed by atoms with Gasteiger partial charge in [0.25, 0.3) is 0 Å². The highest BCUT2D eigenvalue weighted by Gasteiger charge is 2.49. The van der Waals surface area contributed by atoms with Gasteiger partial charge in [0.15, 0.2) is 0 Å². The Morgan fingerprint density at radius 3 is 2.81 bits per heavy atom. The zero-order valence-electron chi connectivity index (χ0n) is 23.6. The van der Waals surface area contributed by atoms with E-state index in [0.717, 1.165) is 56.5 Å². The molecule has 4 aliphatic heterocycles. The monoisotopic (exact) mass is 583 g/mol. The number of anilines is 1. The standard InChI is InChI=1S/C32H31F2N7O2/c1-2-22-24(34)7-4-18-10-27(42)38-29(28(18)22)26-11-25-23(13-35-26)30(40-15-20-5-6-21(16-40)36-20)39-31(37-25)43-17-32-8-3-9-41(32)14-19(33)12-32/h1,4,7,10-11,13,19-21,36H,3,5-6,8-9,12,14-17H2,(H,38,42)/t19-,20?,21?,32+/m1/s1. The van der Waals surface area contributed by atoms with Gasteiger partial charge in [-0.3, -0.25) is 14.7 Å². The average molecular weight is 584 g/mol. The van der Waals surface area contributed by atoms with Crippen molar-refractivity contribution in [2.75, 3.05) is 37.7 Å². The van der Waals surface area contributed by atoms with Gasteiger partial charge in [-0.25, -0.2) is 8.78 Å². The molecule has 4 aliphatic rings. The first-order valence-electron chi connectivity index (χ1n) is 14.9. The number of aromatic amines is 1. The number of terminal acetylenes is 1. The Morgan fingerprint density at radius 1 is 1.16 bits per heavy atom. The van der Waals surface area contributed by atoms with Crippen molar-refractivity contribution in [3.8, 4) is 29.7 Å². The molecular weight excluding hydrogens is 552 g/mol. The number of fused-ring (bicyclic) bond motifs is 5. The number of hydrogen-bond donors (Lipinski definition) is 2. The molecule has 0 spiro atoms. The number of nitrogens with zero attached hydrogens (tertiary/aromatic N) is 5. The molecular formula is C32H31F2N7O2. The van der Waals surface area contributed by atoms with Crippen molar-refractivity contribution in [3.05, 3.63) is 52.2 Å². The van der Waals surface area contributed by atoms with Gasteiger partial charge < -0.3 is 19.9 Å². The lowest BCUT2D eigenvalue weighted by atomic mass is 9.95. The summed E-state index contributed by atoms with van der Waals surface area (Å²) in [5.41, 5.74) is 0.643. The van der Waals surface area contributed by atoms with E-state index in [9.17, 15) is 13.6 Å². The molecule has 7 heterocycles. The number of ether oxygens (including phenoxy) is 1. The van der Waals surface area contributed by atoms with Crippen molar-refractivity contribution in [2.24, 2.45) is 0 Å². The molecule has 4 saturated heterocycles. The fraction of sp³-hybridized carbons (Fsp3) is 0.438. The van der Waals surface area contributed by atoms with E-state index in [4.69, 9.17) is 26.1 Å². The number of hydrogen-bond acceptors (Lipinski definition) is 8. The lowest BCUT2D eigenvalue weighted by Gasteiger charge is -2.34. The lowest BCUT2D eigenvalue weighted by molar-refractivity contribution is 0.107. The van der Waals surface area contributed by atoms with E-state index in [1.54, 1.807) is 12.3 Å². The SMILES string of the molecule is C#Cc1c(F)ccc2cc(=O)[nH]c(-c3cc4nc(OC[C@@]56CCCN5C[C@H](F)C6)nc(N5CC6CCC(C5)N6)c4cn3)c12. The topological polar surface area (TPSA) is 99.3 Å². The van der Waals surface area contributed by atoms with Crippen LogP contribution in [0.25, 0.3) is 33.1 Å². The number of rotatable bonds is 5. The van der Waals surface area contributed by atoms with Crippen LogP contribution in [-0.4, -0.2) is 81.4 Å². The summed E-state index contributed by atoms with van der Waals surface area (Å²) in [4.78, 5) is 34.3. The quantitative estimate of drug-likeness (QED) is 0.345. The van der Waals surface area contributed by atoms with Crippen LogP contribution in [0.15, 0.2) is 35.3 Å². The first-order chi connectivity index (χ1) is 20.9. The summed E-state index contributed by atoms with van der Waals surface area (Å²) in [6.07, 6.45) is 11.1. The van der Waals surface area contributed by atoms with Gasteiger partial charge in [-0.05, 0) is 49.7 Å². The molecule has 220 valence electrons. The number of benzene rings is 1. The van der Waals surface area contributed by atoms with Crippen LogP contribution >= 0.6 is 0 Å². The third-order valence-electron chi connectivity index (χ3n) is 9.66. The van der Waals surface area contributed by atoms with Gasteiger partial charge in [0, 0.05) is 55.8 Å². The Hall–Kier alpha value is -4.14. The zero-order valence-corrected chi connectivity index (χ0v) is 23.6. The maximum atomic E-state index is 14.7. The first kappa shape index (κ1) is 26.5. The van der Waals surface area contributed by atoms with Gasteiger partial charge in [0.1, 0.15) is 24.4 Å². The molecule has 1 aromatic carbocycles. The van der Waals surface area contributed by atoms with Gasteiger partial charge >= 0.3 is 6.01 Å². The molecule has 2 N–H and O–H groups in total. The average Bonchev–Trinajstić information content (AvgIpc) is 3.65. The molecule has 4 atom stereocenters. The molecule has 0 amide bonds. The van der Waals surface area contributed by atoms with Gasteiger partial charge in [-0.15, -0.1) is 6.42 Å². The van der Waals surface area contributed by atoms with Crippen LogP contribution in [0.1, 0.15) is 37.7 Å². The van der Waals surface area contributed by atoms with Crippen LogP contribution in [0.3, 0.4) is 0 Å². The predicted octanol–water partition coefficient (Wildman–Crippen LogP) is 3.55. The number of H-pyrrole nitrogens is 1. The number of nitrogens with one attached hydrogen (secondary N) is 2. The summed E-state index contributed by atoms with van der Waals surface area (Å²) in [7, 11) is 0. The minimum absolute atomic E-state index is 0.0532. The second-order valence-electron chi connectivity index (χ2n) is 12.4. The summed E-state index contributed by atoms with van der Waals surface area (Å²) in [6, 6.07) is 6.92. The Morgan fingerprint density at radius 2 is 2.00 bits per heavy atom. The van der Waals surface area contributed by atoms with E-state index in [1.165, 1.54) is 18.2 Å². The number of piperazine rings is 1. The second kappa shape index (κ2) is 9.96. The normalized spacial score (nSPS) is 26.7. The largest absolute Gasteiger partial charge is 0.461 e. The summed E-state index contributed by atoms with van der Waals surface area (Å²) < 4.78 is 35.5. The summed E-state index contributed by atoms with van der Waals surface area (Å²) in [5, 5.41) is 5.32. The van der Waals surface area contributed by atoms with E-state index in [1.807, 2.05) is 0 Å². The van der Waals surface area contributed by atoms with E-state index in [-0.39, 0.29) is 22.7 Å². The van der Waals surface area contributed by atoms with Gasteiger partial charge in [-0.1, -0.05) is 12.0 Å². The van der Waals surface area contributed by atoms with Crippen molar-refractivity contribution < 1.29 is 13.5 Å². The van der Waals surface area contributed by atoms with Crippen molar-refractivity contribution in [3.63, 3.8) is 0 Å². The highest BCUT2D eigenvalue weighted by atomic mass is 19.1. The maximum Gasteiger partial charge on any atom is 0.319 e. The zero-order chi connectivity index (χ0) is 29.3. The molecule has 2 bridgehead atoms. The van der Waals surface area contributed by atoms with Crippen molar-refractivity contribution in [2.45, 2.75) is 55.9 Å². The second-order valence-corrected chi connectivity index (χ2v) is 12.4. The summed E-state index contributed by atoms with van der Waals surface area (Å²) >= 11 is 0. The molecule has 0 radical (unpaired) electrons. The van der Waals surface area contributed by atoms with Gasteiger partial charge in [-0.2, -0.15) is 9.97 Å². The van der Waals surface area contributed by atoms with Gasteiger partial charge in [0.2, 0.25) is 5.56 Å². The number of halogens is 2. The van der Waals surface area contributed by atoms with E-state index < -0.39 is 12.0 Å². The third kappa shape index (κ3) is 4.43.